The number of nitrogens with two attached hydrogens (primary N) is 1. The summed E-state index contributed by atoms with van der Waals surface area (Å²) in [5.74, 6) is -0.319. The maximum Gasteiger partial charge on any atom is 0.241 e. The quantitative estimate of drug-likeness (QED) is 0.720. The standard InChI is InChI=1S/C7H9NO3S2/c1-12-5-2-3-6(9)7(4-5)13(8,10)11/h2-4,9H,1H3,(H2,8,10,11). The first-order valence-corrected chi connectivity index (χ1v) is 6.12. The molecular formula is C7H9NO3S2. The Bertz CT molecular complexity index is 414. The SMILES string of the molecule is CSc1ccc(O)c(S(N)(=O)=O)c1. The molecule has 0 heterocycles. The molecule has 0 aliphatic carbocycles. The predicted octanol–water partition coefficient (Wildman–Crippen LogP) is 0.762. The monoisotopic (exact) mass is 219 g/mol. The second kappa shape index (κ2) is 3.57. The first kappa shape index (κ1) is 10.4. The molecule has 0 atom stereocenters. The number of rotatable bonds is 2. The minimum atomic E-state index is -3.83. The van der Waals surface area contributed by atoms with Crippen molar-refractivity contribution in [2.24, 2.45) is 5.14 Å². The molecule has 72 valence electrons. The number of hydrogen-bond donors (Lipinski definition) is 2. The van der Waals surface area contributed by atoms with Gasteiger partial charge < -0.3 is 5.11 Å². The van der Waals surface area contributed by atoms with E-state index in [9.17, 15) is 13.5 Å². The highest BCUT2D eigenvalue weighted by atomic mass is 32.2. The van der Waals surface area contributed by atoms with Crippen LogP contribution in [-0.2, 0) is 10.0 Å². The Labute approximate surface area is 80.8 Å². The van der Waals surface area contributed by atoms with Gasteiger partial charge in [-0.2, -0.15) is 0 Å². The van der Waals surface area contributed by atoms with E-state index in [1.807, 2.05) is 0 Å². The zero-order valence-electron chi connectivity index (χ0n) is 6.89. The van der Waals surface area contributed by atoms with Crippen molar-refractivity contribution in [2.75, 3.05) is 6.26 Å². The van der Waals surface area contributed by atoms with E-state index >= 15 is 0 Å². The van der Waals surface area contributed by atoms with E-state index in [0.29, 0.717) is 0 Å². The molecule has 13 heavy (non-hydrogen) atoms. The summed E-state index contributed by atoms with van der Waals surface area (Å²) in [4.78, 5) is 0.501. The van der Waals surface area contributed by atoms with Crippen molar-refractivity contribution < 1.29 is 13.5 Å². The zero-order valence-corrected chi connectivity index (χ0v) is 8.52. The summed E-state index contributed by atoms with van der Waals surface area (Å²) < 4.78 is 21.9. The molecule has 1 aromatic carbocycles. The number of primary sulfonamides is 1. The van der Waals surface area contributed by atoms with Gasteiger partial charge in [-0.25, -0.2) is 13.6 Å². The molecule has 1 aromatic rings. The maximum absolute atomic E-state index is 10.9. The molecule has 0 bridgehead atoms. The lowest BCUT2D eigenvalue weighted by Gasteiger charge is -2.03. The fourth-order valence-corrected chi connectivity index (χ4v) is 2.01. The van der Waals surface area contributed by atoms with E-state index in [1.54, 1.807) is 12.3 Å². The lowest BCUT2D eigenvalue weighted by molar-refractivity contribution is 0.458. The van der Waals surface area contributed by atoms with Crippen LogP contribution in [-0.4, -0.2) is 19.8 Å². The van der Waals surface area contributed by atoms with Crippen LogP contribution in [0.4, 0.5) is 0 Å². The van der Waals surface area contributed by atoms with Crippen LogP contribution in [0.25, 0.3) is 0 Å². The lowest BCUT2D eigenvalue weighted by Crippen LogP contribution is -2.12. The van der Waals surface area contributed by atoms with Crippen LogP contribution in [0.1, 0.15) is 0 Å². The largest absolute Gasteiger partial charge is 0.507 e. The molecule has 0 saturated carbocycles. The summed E-state index contributed by atoms with van der Waals surface area (Å²) in [6, 6.07) is 4.27. The Kier molecular flexibility index (Phi) is 2.84. The Morgan fingerprint density at radius 1 is 1.46 bits per heavy atom. The van der Waals surface area contributed by atoms with Crippen molar-refractivity contribution >= 4 is 21.8 Å². The highest BCUT2D eigenvalue weighted by Gasteiger charge is 2.13. The fraction of sp³-hybridized carbons (Fsp3) is 0.143. The van der Waals surface area contributed by atoms with Crippen molar-refractivity contribution in [1.82, 2.24) is 0 Å². The smallest absolute Gasteiger partial charge is 0.241 e. The third-order valence-corrected chi connectivity index (χ3v) is 3.14. The molecule has 0 unspecified atom stereocenters. The van der Waals surface area contributed by atoms with Crippen LogP contribution >= 0.6 is 11.8 Å². The molecule has 0 amide bonds. The van der Waals surface area contributed by atoms with E-state index in [-0.39, 0.29) is 10.6 Å². The van der Waals surface area contributed by atoms with Crippen molar-refractivity contribution in [2.45, 2.75) is 9.79 Å². The van der Waals surface area contributed by atoms with Gasteiger partial charge in [0.25, 0.3) is 0 Å². The van der Waals surface area contributed by atoms with E-state index in [4.69, 9.17) is 5.14 Å². The minimum absolute atomic E-state index is 0.237. The zero-order chi connectivity index (χ0) is 10.1. The van der Waals surface area contributed by atoms with Crippen LogP contribution in [0, 0.1) is 0 Å². The molecule has 0 saturated heterocycles. The summed E-state index contributed by atoms with van der Waals surface area (Å²) in [5.41, 5.74) is 0. The van der Waals surface area contributed by atoms with Gasteiger partial charge in [0.1, 0.15) is 10.6 Å². The minimum Gasteiger partial charge on any atom is -0.507 e. The summed E-state index contributed by atoms with van der Waals surface area (Å²) in [6.45, 7) is 0. The summed E-state index contributed by atoms with van der Waals surface area (Å²) in [7, 11) is -3.83. The number of thioether (sulfide) groups is 1. The number of benzene rings is 1. The number of phenolic OH excluding ortho intramolecular Hbond substituents is 1. The molecule has 0 radical (unpaired) electrons. The third-order valence-electron chi connectivity index (χ3n) is 1.47. The van der Waals surface area contributed by atoms with Crippen LogP contribution in [0.15, 0.2) is 28.0 Å². The third kappa shape index (κ3) is 2.36. The molecule has 0 fully saturated rings. The maximum atomic E-state index is 10.9. The Balaban J connectivity index is 3.36. The van der Waals surface area contributed by atoms with E-state index in [0.717, 1.165) is 4.90 Å². The molecule has 0 aromatic heterocycles. The normalized spacial score (nSPS) is 11.5. The van der Waals surface area contributed by atoms with Crippen LogP contribution in [0.3, 0.4) is 0 Å². The van der Waals surface area contributed by atoms with Crippen molar-refractivity contribution in [3.8, 4) is 5.75 Å². The van der Waals surface area contributed by atoms with Crippen molar-refractivity contribution in [3.05, 3.63) is 18.2 Å². The van der Waals surface area contributed by atoms with Gasteiger partial charge >= 0.3 is 0 Å². The van der Waals surface area contributed by atoms with E-state index < -0.39 is 10.0 Å². The average Bonchev–Trinajstić information content (AvgIpc) is 2.03. The topological polar surface area (TPSA) is 80.4 Å². The Morgan fingerprint density at radius 3 is 2.54 bits per heavy atom. The van der Waals surface area contributed by atoms with Crippen LogP contribution in [0.5, 0.6) is 5.75 Å². The van der Waals surface area contributed by atoms with Gasteiger partial charge in [0.2, 0.25) is 10.0 Å². The predicted molar refractivity (Wildman–Crippen MR) is 51.3 cm³/mol. The summed E-state index contributed by atoms with van der Waals surface area (Å²) >= 11 is 1.38. The first-order valence-electron chi connectivity index (χ1n) is 3.35. The van der Waals surface area contributed by atoms with Crippen LogP contribution < -0.4 is 5.14 Å². The van der Waals surface area contributed by atoms with Gasteiger partial charge in [0.15, 0.2) is 0 Å². The fourth-order valence-electron chi connectivity index (χ4n) is 0.849. The molecule has 0 spiro atoms. The second-order valence-electron chi connectivity index (χ2n) is 2.38. The highest BCUT2D eigenvalue weighted by Crippen LogP contribution is 2.26. The summed E-state index contributed by atoms with van der Waals surface area (Å²) in [6.07, 6.45) is 1.80. The van der Waals surface area contributed by atoms with Gasteiger partial charge in [0.05, 0.1) is 0 Å². The van der Waals surface area contributed by atoms with Gasteiger partial charge in [0, 0.05) is 4.90 Å². The Morgan fingerprint density at radius 2 is 2.08 bits per heavy atom. The molecule has 6 heteroatoms. The number of phenols is 1. The van der Waals surface area contributed by atoms with Gasteiger partial charge in [-0.1, -0.05) is 0 Å². The number of hydrogen-bond acceptors (Lipinski definition) is 4. The van der Waals surface area contributed by atoms with Gasteiger partial charge in [-0.15, -0.1) is 11.8 Å². The number of sulfonamides is 1. The van der Waals surface area contributed by atoms with E-state index in [2.05, 4.69) is 0 Å². The first-order chi connectivity index (χ1) is 5.95. The molecule has 0 aliphatic rings. The molecule has 1 rings (SSSR count). The lowest BCUT2D eigenvalue weighted by atomic mass is 10.3. The van der Waals surface area contributed by atoms with Gasteiger partial charge in [-0.05, 0) is 24.5 Å². The van der Waals surface area contributed by atoms with Crippen molar-refractivity contribution in [3.63, 3.8) is 0 Å². The molecule has 4 nitrogen and oxygen atoms in total. The van der Waals surface area contributed by atoms with E-state index in [1.165, 1.54) is 23.9 Å². The van der Waals surface area contributed by atoms with Gasteiger partial charge in [-0.3, -0.25) is 0 Å². The second-order valence-corrected chi connectivity index (χ2v) is 4.79. The Hall–Kier alpha value is -0.720. The summed E-state index contributed by atoms with van der Waals surface area (Å²) in [5, 5.41) is 14.1. The van der Waals surface area contributed by atoms with Crippen LogP contribution in [0.2, 0.25) is 0 Å². The number of aromatic hydroxyl groups is 1. The average molecular weight is 219 g/mol. The molecule has 0 aliphatic heterocycles. The molecule has 3 N–H and O–H groups in total. The van der Waals surface area contributed by atoms with Crippen molar-refractivity contribution in [1.29, 1.82) is 0 Å². The molecular weight excluding hydrogens is 210 g/mol. The highest BCUT2D eigenvalue weighted by molar-refractivity contribution is 7.98.